The van der Waals surface area contributed by atoms with Crippen LogP contribution >= 0.6 is 22.9 Å². The van der Waals surface area contributed by atoms with E-state index in [1.807, 2.05) is 0 Å². The van der Waals surface area contributed by atoms with Crippen molar-refractivity contribution in [2.45, 2.75) is 32.9 Å². The van der Waals surface area contributed by atoms with Crippen LogP contribution in [0.3, 0.4) is 0 Å². The first-order chi connectivity index (χ1) is 17.2. The van der Waals surface area contributed by atoms with Crippen molar-refractivity contribution in [3.05, 3.63) is 95.6 Å². The van der Waals surface area contributed by atoms with E-state index in [1.165, 1.54) is 15.9 Å². The van der Waals surface area contributed by atoms with Crippen molar-refractivity contribution in [2.24, 2.45) is 10.7 Å². The molecule has 2 N–H and O–H groups in total. The van der Waals surface area contributed by atoms with Crippen LogP contribution in [0.1, 0.15) is 37.9 Å². The Balaban J connectivity index is 1.83. The van der Waals surface area contributed by atoms with E-state index in [4.69, 9.17) is 26.8 Å². The van der Waals surface area contributed by atoms with Crippen LogP contribution < -0.4 is 25.4 Å². The quantitative estimate of drug-likeness (QED) is 0.476. The molecule has 1 aliphatic heterocycles. The van der Waals surface area contributed by atoms with E-state index in [2.05, 4.69) is 4.99 Å². The summed E-state index contributed by atoms with van der Waals surface area (Å²) >= 11 is 7.75. The third-order valence-electron chi connectivity index (χ3n) is 5.34. The number of halogens is 1. The molecule has 36 heavy (non-hydrogen) atoms. The van der Waals surface area contributed by atoms with Crippen LogP contribution in [0, 0.1) is 0 Å². The molecule has 1 amide bonds. The minimum Gasteiger partial charge on any atom is -0.484 e. The van der Waals surface area contributed by atoms with Crippen molar-refractivity contribution >= 4 is 40.9 Å². The number of nitrogens with zero attached hydrogens (tertiary/aromatic N) is 2. The summed E-state index contributed by atoms with van der Waals surface area (Å²) in [5.74, 6) is -0.632. The summed E-state index contributed by atoms with van der Waals surface area (Å²) in [6.07, 6.45) is 1.39. The maximum absolute atomic E-state index is 13.6. The Bertz CT molecular complexity index is 1540. The Labute approximate surface area is 215 Å². The zero-order chi connectivity index (χ0) is 26.0. The van der Waals surface area contributed by atoms with E-state index in [0.717, 1.165) is 5.56 Å². The predicted molar refractivity (Wildman–Crippen MR) is 138 cm³/mol. The molecule has 8 nitrogen and oxygen atoms in total. The number of esters is 1. The molecule has 0 bridgehead atoms. The third-order valence-corrected chi connectivity index (χ3v) is 6.67. The first-order valence-corrected chi connectivity index (χ1v) is 12.3. The normalized spacial score (nSPS) is 15.5. The summed E-state index contributed by atoms with van der Waals surface area (Å²) < 4.78 is 12.7. The van der Waals surface area contributed by atoms with Gasteiger partial charge in [0, 0.05) is 5.02 Å². The van der Waals surface area contributed by atoms with Crippen molar-refractivity contribution in [1.82, 2.24) is 4.57 Å². The second-order valence-electron chi connectivity index (χ2n) is 8.38. The molecule has 0 fully saturated rings. The first kappa shape index (κ1) is 25.4. The largest absolute Gasteiger partial charge is 0.484 e. The maximum atomic E-state index is 13.6. The highest BCUT2D eigenvalue weighted by molar-refractivity contribution is 7.07. The van der Waals surface area contributed by atoms with Gasteiger partial charge in [0.15, 0.2) is 11.4 Å². The Kier molecular flexibility index (Phi) is 7.42. The number of aromatic nitrogens is 1. The van der Waals surface area contributed by atoms with Crippen LogP contribution in [0.2, 0.25) is 5.02 Å². The molecule has 0 saturated heterocycles. The molecule has 0 spiro atoms. The summed E-state index contributed by atoms with van der Waals surface area (Å²) in [5.41, 5.74) is 6.89. The Morgan fingerprint density at radius 2 is 1.89 bits per heavy atom. The van der Waals surface area contributed by atoms with Crippen molar-refractivity contribution in [3.63, 3.8) is 0 Å². The fourth-order valence-corrected chi connectivity index (χ4v) is 5.10. The van der Waals surface area contributed by atoms with E-state index in [1.54, 1.807) is 75.4 Å². The molecule has 0 saturated carbocycles. The summed E-state index contributed by atoms with van der Waals surface area (Å²) in [4.78, 5) is 42.7. The van der Waals surface area contributed by atoms with E-state index in [9.17, 15) is 14.4 Å². The van der Waals surface area contributed by atoms with Gasteiger partial charge in [-0.25, -0.2) is 9.79 Å². The molecule has 2 heterocycles. The minimum atomic E-state index is -0.784. The smallest absolute Gasteiger partial charge is 0.338 e. The SMILES string of the molecule is CC1=C(C(=O)OC(C)C)C(c2ccccc2Cl)n2c(sc(=Cc3ccc(OCC(N)=O)cc3)c2=O)=N1. The molecule has 186 valence electrons. The van der Waals surface area contributed by atoms with Gasteiger partial charge in [0.25, 0.3) is 11.5 Å². The highest BCUT2D eigenvalue weighted by atomic mass is 35.5. The highest BCUT2D eigenvalue weighted by Crippen LogP contribution is 2.34. The first-order valence-electron chi connectivity index (χ1n) is 11.1. The second kappa shape index (κ2) is 10.5. The summed E-state index contributed by atoms with van der Waals surface area (Å²) in [5, 5.41) is 0.424. The van der Waals surface area contributed by atoms with Crippen LogP contribution in [0.15, 0.2) is 69.6 Å². The number of fused-ring (bicyclic) bond motifs is 1. The van der Waals surface area contributed by atoms with E-state index in [-0.39, 0.29) is 23.8 Å². The molecular weight excluding hydrogens is 502 g/mol. The lowest BCUT2D eigenvalue weighted by Crippen LogP contribution is -2.40. The second-order valence-corrected chi connectivity index (χ2v) is 9.80. The minimum absolute atomic E-state index is 0.221. The molecule has 0 radical (unpaired) electrons. The Morgan fingerprint density at radius 1 is 1.19 bits per heavy atom. The number of hydrogen-bond acceptors (Lipinski definition) is 7. The summed E-state index contributed by atoms with van der Waals surface area (Å²) in [7, 11) is 0. The van der Waals surface area contributed by atoms with Gasteiger partial charge in [-0.15, -0.1) is 0 Å². The van der Waals surface area contributed by atoms with E-state index < -0.39 is 17.9 Å². The van der Waals surface area contributed by atoms with Gasteiger partial charge in [-0.1, -0.05) is 53.3 Å². The number of thiazole rings is 1. The topological polar surface area (TPSA) is 113 Å². The van der Waals surface area contributed by atoms with Crippen molar-refractivity contribution in [2.75, 3.05) is 6.61 Å². The van der Waals surface area contributed by atoms with Crippen LogP contribution in [-0.4, -0.2) is 29.2 Å². The molecule has 10 heteroatoms. The lowest BCUT2D eigenvalue weighted by molar-refractivity contribution is -0.143. The predicted octanol–water partition coefficient (Wildman–Crippen LogP) is 2.70. The molecule has 4 rings (SSSR count). The fourth-order valence-electron chi connectivity index (χ4n) is 3.82. The molecule has 0 aliphatic carbocycles. The lowest BCUT2D eigenvalue weighted by atomic mass is 9.96. The molecule has 1 aromatic heterocycles. The van der Waals surface area contributed by atoms with Gasteiger partial charge in [-0.2, -0.15) is 0 Å². The number of ether oxygens (including phenoxy) is 2. The Hall–Kier alpha value is -3.69. The van der Waals surface area contributed by atoms with Crippen molar-refractivity contribution in [1.29, 1.82) is 0 Å². The Morgan fingerprint density at radius 3 is 2.53 bits per heavy atom. The maximum Gasteiger partial charge on any atom is 0.338 e. The molecule has 3 aromatic rings. The molecule has 1 aliphatic rings. The van der Waals surface area contributed by atoms with Gasteiger partial charge < -0.3 is 15.2 Å². The standard InChI is InChI=1S/C26H24ClN3O5S/c1-14(2)35-25(33)22-15(3)29-26-30(23(22)18-6-4-5-7-19(18)27)24(32)20(36-26)12-16-8-10-17(11-9-16)34-13-21(28)31/h4-12,14,23H,13H2,1-3H3,(H2,28,31). The third kappa shape index (κ3) is 5.27. The van der Waals surface area contributed by atoms with Gasteiger partial charge in [0.05, 0.1) is 21.9 Å². The van der Waals surface area contributed by atoms with Crippen molar-refractivity contribution in [3.8, 4) is 5.75 Å². The van der Waals surface area contributed by atoms with Crippen LogP contribution in [0.4, 0.5) is 0 Å². The number of primary amides is 1. The number of hydrogen-bond donors (Lipinski definition) is 1. The van der Waals surface area contributed by atoms with Gasteiger partial charge in [0.1, 0.15) is 11.8 Å². The average Bonchev–Trinajstić information content (AvgIpc) is 3.12. The fraction of sp³-hybridized carbons (Fsp3) is 0.231. The van der Waals surface area contributed by atoms with E-state index >= 15 is 0 Å². The zero-order valence-corrected chi connectivity index (χ0v) is 21.4. The molecule has 1 unspecified atom stereocenters. The molecule has 2 aromatic carbocycles. The molecular formula is C26H24ClN3O5S. The number of allylic oxidation sites excluding steroid dienone is 1. The monoisotopic (exact) mass is 525 g/mol. The van der Waals surface area contributed by atoms with Gasteiger partial charge in [-0.3, -0.25) is 14.2 Å². The molecule has 1 atom stereocenters. The number of benzene rings is 2. The van der Waals surface area contributed by atoms with Gasteiger partial charge in [-0.05, 0) is 56.2 Å². The number of carbonyl (C=O) groups is 2. The van der Waals surface area contributed by atoms with E-state index in [0.29, 0.717) is 31.4 Å². The highest BCUT2D eigenvalue weighted by Gasteiger charge is 2.34. The number of amides is 1. The van der Waals surface area contributed by atoms with Crippen molar-refractivity contribution < 1.29 is 19.1 Å². The zero-order valence-electron chi connectivity index (χ0n) is 19.9. The summed E-state index contributed by atoms with van der Waals surface area (Å²) in [6, 6.07) is 13.2. The number of rotatable bonds is 7. The van der Waals surface area contributed by atoms with Gasteiger partial charge >= 0.3 is 5.97 Å². The lowest BCUT2D eigenvalue weighted by Gasteiger charge is -2.26. The van der Waals surface area contributed by atoms with Crippen LogP contribution in [0.5, 0.6) is 5.75 Å². The van der Waals surface area contributed by atoms with Crippen LogP contribution in [0.25, 0.3) is 6.08 Å². The van der Waals surface area contributed by atoms with Crippen LogP contribution in [-0.2, 0) is 14.3 Å². The number of nitrogens with two attached hydrogens (primary N) is 1. The number of carbonyl (C=O) groups excluding carboxylic acids is 2. The summed E-state index contributed by atoms with van der Waals surface area (Å²) in [6.45, 7) is 5.03. The van der Waals surface area contributed by atoms with Gasteiger partial charge in [0.2, 0.25) is 0 Å². The average molecular weight is 526 g/mol.